The van der Waals surface area contributed by atoms with E-state index in [0.29, 0.717) is 26.1 Å². The Kier molecular flexibility index (Phi) is 5.55. The summed E-state index contributed by atoms with van der Waals surface area (Å²) in [7, 11) is 0. The number of hydrogen-bond acceptors (Lipinski definition) is 4. The van der Waals surface area contributed by atoms with Crippen molar-refractivity contribution < 1.29 is 14.7 Å². The molecule has 1 aliphatic heterocycles. The summed E-state index contributed by atoms with van der Waals surface area (Å²) >= 11 is 0. The van der Waals surface area contributed by atoms with Crippen molar-refractivity contribution in [2.45, 2.75) is 38.8 Å². The highest BCUT2D eigenvalue weighted by atomic mass is 16.4. The average molecular weight is 257 g/mol. The molecule has 1 amide bonds. The van der Waals surface area contributed by atoms with E-state index < -0.39 is 12.0 Å². The molecule has 0 saturated carbocycles. The molecule has 0 spiro atoms. The Morgan fingerprint density at radius 1 is 1.56 bits per heavy atom. The van der Waals surface area contributed by atoms with Gasteiger partial charge in [0.2, 0.25) is 5.91 Å². The summed E-state index contributed by atoms with van der Waals surface area (Å²) in [5.41, 5.74) is 5.82. The van der Waals surface area contributed by atoms with Gasteiger partial charge in [-0.25, -0.2) is 0 Å². The number of nitrogens with zero attached hydrogens (tertiary/aromatic N) is 1. The molecule has 18 heavy (non-hydrogen) atoms. The van der Waals surface area contributed by atoms with Gasteiger partial charge in [0.15, 0.2) is 0 Å². The maximum absolute atomic E-state index is 11.1. The van der Waals surface area contributed by atoms with E-state index >= 15 is 0 Å². The lowest BCUT2D eigenvalue weighted by Crippen LogP contribution is -2.42. The maximum atomic E-state index is 11.1. The number of carboxylic acids is 1. The van der Waals surface area contributed by atoms with Gasteiger partial charge in [-0.3, -0.25) is 14.5 Å². The minimum atomic E-state index is -0.808. The van der Waals surface area contributed by atoms with Crippen LogP contribution in [0.3, 0.4) is 0 Å². The summed E-state index contributed by atoms with van der Waals surface area (Å²) in [4.78, 5) is 23.9. The van der Waals surface area contributed by atoms with Crippen LogP contribution in [-0.2, 0) is 9.59 Å². The van der Waals surface area contributed by atoms with Crippen molar-refractivity contribution in [2.75, 3.05) is 19.6 Å². The fourth-order valence-corrected chi connectivity index (χ4v) is 2.36. The molecule has 1 saturated heterocycles. The molecule has 3 unspecified atom stereocenters. The van der Waals surface area contributed by atoms with Crippen LogP contribution in [0.25, 0.3) is 0 Å². The molecule has 0 aliphatic carbocycles. The lowest BCUT2D eigenvalue weighted by atomic mass is 10.1. The summed E-state index contributed by atoms with van der Waals surface area (Å²) in [6, 6.07) is -0.546. The van der Waals surface area contributed by atoms with E-state index in [1.807, 2.05) is 11.8 Å². The van der Waals surface area contributed by atoms with E-state index in [1.54, 1.807) is 0 Å². The fourth-order valence-electron chi connectivity index (χ4n) is 2.36. The van der Waals surface area contributed by atoms with E-state index in [2.05, 4.69) is 5.32 Å². The van der Waals surface area contributed by atoms with E-state index in [9.17, 15) is 9.59 Å². The predicted octanol–water partition coefficient (Wildman–Crippen LogP) is -0.365. The van der Waals surface area contributed by atoms with Gasteiger partial charge < -0.3 is 16.2 Å². The first-order chi connectivity index (χ1) is 8.43. The monoisotopic (exact) mass is 257 g/mol. The van der Waals surface area contributed by atoms with Crippen molar-refractivity contribution in [1.29, 1.82) is 0 Å². The summed E-state index contributed by atoms with van der Waals surface area (Å²) in [5.74, 6) is -0.597. The molecule has 1 fully saturated rings. The molecule has 1 rings (SSSR count). The molecule has 0 aromatic rings. The normalized spacial score (nSPS) is 25.9. The number of hydrogen-bond donors (Lipinski definition) is 3. The summed E-state index contributed by atoms with van der Waals surface area (Å²) in [6.07, 6.45) is 1.41. The Balaban J connectivity index is 2.52. The highest BCUT2D eigenvalue weighted by molar-refractivity contribution is 5.74. The second-order valence-electron chi connectivity index (χ2n) is 5.02. The Hall–Kier alpha value is -1.14. The van der Waals surface area contributed by atoms with E-state index in [1.165, 1.54) is 6.92 Å². The standard InChI is InChI=1S/C12H23N3O3/c1-3-9(5-14-8(2)16)6-15-7-10(13)4-11(15)12(17)18/h9-11H,3-7,13H2,1-2H3,(H,14,16)(H,17,18). The Labute approximate surface area is 108 Å². The molecule has 3 atom stereocenters. The number of nitrogens with one attached hydrogen (secondary N) is 1. The van der Waals surface area contributed by atoms with Crippen molar-refractivity contribution in [3.8, 4) is 0 Å². The third-order valence-electron chi connectivity index (χ3n) is 3.43. The van der Waals surface area contributed by atoms with Crippen molar-refractivity contribution in [3.05, 3.63) is 0 Å². The number of carbonyl (C=O) groups excluding carboxylic acids is 1. The number of likely N-dealkylation sites (tertiary alicyclic amines) is 1. The molecule has 0 bridgehead atoms. The minimum absolute atomic E-state index is 0.0543. The van der Waals surface area contributed by atoms with Gasteiger partial charge in [-0.1, -0.05) is 13.3 Å². The predicted molar refractivity (Wildman–Crippen MR) is 68.1 cm³/mol. The zero-order chi connectivity index (χ0) is 13.7. The Morgan fingerprint density at radius 3 is 2.72 bits per heavy atom. The smallest absolute Gasteiger partial charge is 0.320 e. The van der Waals surface area contributed by atoms with Crippen LogP contribution in [0.4, 0.5) is 0 Å². The van der Waals surface area contributed by atoms with Gasteiger partial charge >= 0.3 is 5.97 Å². The number of carboxylic acid groups (broad SMARTS) is 1. The van der Waals surface area contributed by atoms with Crippen molar-refractivity contribution in [2.24, 2.45) is 11.7 Å². The number of rotatable bonds is 6. The average Bonchev–Trinajstić information content (AvgIpc) is 2.65. The Morgan fingerprint density at radius 2 is 2.22 bits per heavy atom. The van der Waals surface area contributed by atoms with Crippen LogP contribution < -0.4 is 11.1 Å². The third kappa shape index (κ3) is 4.27. The number of amides is 1. The van der Waals surface area contributed by atoms with Crippen molar-refractivity contribution >= 4 is 11.9 Å². The van der Waals surface area contributed by atoms with Gasteiger partial charge in [0.1, 0.15) is 6.04 Å². The van der Waals surface area contributed by atoms with Gasteiger partial charge in [-0.15, -0.1) is 0 Å². The van der Waals surface area contributed by atoms with Crippen molar-refractivity contribution in [3.63, 3.8) is 0 Å². The second-order valence-corrected chi connectivity index (χ2v) is 5.02. The van der Waals surface area contributed by atoms with Crippen LogP contribution in [0.2, 0.25) is 0 Å². The number of aliphatic carboxylic acids is 1. The van der Waals surface area contributed by atoms with Gasteiger partial charge in [-0.2, -0.15) is 0 Å². The first-order valence-corrected chi connectivity index (χ1v) is 6.40. The zero-order valence-electron chi connectivity index (χ0n) is 11.1. The topological polar surface area (TPSA) is 95.7 Å². The van der Waals surface area contributed by atoms with Crippen LogP contribution in [0.1, 0.15) is 26.7 Å². The largest absolute Gasteiger partial charge is 0.480 e. The SMILES string of the molecule is CCC(CNC(C)=O)CN1CC(N)CC1C(=O)O. The number of nitrogens with two attached hydrogens (primary N) is 1. The van der Waals surface area contributed by atoms with Gasteiger partial charge in [0.25, 0.3) is 0 Å². The lowest BCUT2D eigenvalue weighted by molar-refractivity contribution is -0.142. The summed E-state index contributed by atoms with van der Waals surface area (Å²) < 4.78 is 0. The van der Waals surface area contributed by atoms with Crippen LogP contribution in [0, 0.1) is 5.92 Å². The molecular weight excluding hydrogens is 234 g/mol. The van der Waals surface area contributed by atoms with Crippen LogP contribution >= 0.6 is 0 Å². The first kappa shape index (κ1) is 14.9. The zero-order valence-corrected chi connectivity index (χ0v) is 11.1. The molecule has 0 radical (unpaired) electrons. The molecule has 1 aliphatic rings. The van der Waals surface area contributed by atoms with Gasteiger partial charge in [-0.05, 0) is 12.3 Å². The lowest BCUT2D eigenvalue weighted by Gasteiger charge is -2.26. The minimum Gasteiger partial charge on any atom is -0.480 e. The van der Waals surface area contributed by atoms with Gasteiger partial charge in [0.05, 0.1) is 0 Å². The molecule has 4 N–H and O–H groups in total. The van der Waals surface area contributed by atoms with Crippen LogP contribution in [-0.4, -0.2) is 53.6 Å². The molecule has 0 aromatic carbocycles. The molecule has 0 aromatic heterocycles. The fraction of sp³-hybridized carbons (Fsp3) is 0.833. The highest BCUT2D eigenvalue weighted by Gasteiger charge is 2.35. The molecule has 6 nitrogen and oxygen atoms in total. The van der Waals surface area contributed by atoms with Crippen LogP contribution in [0.15, 0.2) is 0 Å². The number of carbonyl (C=O) groups is 2. The van der Waals surface area contributed by atoms with Crippen molar-refractivity contribution in [1.82, 2.24) is 10.2 Å². The first-order valence-electron chi connectivity index (χ1n) is 6.40. The van der Waals surface area contributed by atoms with Crippen LogP contribution in [0.5, 0.6) is 0 Å². The van der Waals surface area contributed by atoms with E-state index in [4.69, 9.17) is 10.8 Å². The second kappa shape index (κ2) is 6.70. The molecule has 6 heteroatoms. The van der Waals surface area contributed by atoms with E-state index in [0.717, 1.165) is 6.42 Å². The third-order valence-corrected chi connectivity index (χ3v) is 3.43. The van der Waals surface area contributed by atoms with E-state index in [-0.39, 0.29) is 17.9 Å². The van der Waals surface area contributed by atoms with Gasteiger partial charge in [0, 0.05) is 32.6 Å². The quantitative estimate of drug-likeness (QED) is 0.603. The highest BCUT2D eigenvalue weighted by Crippen LogP contribution is 2.19. The maximum Gasteiger partial charge on any atom is 0.320 e. The molecule has 1 heterocycles. The molecule has 104 valence electrons. The Bertz CT molecular complexity index is 309. The molecular formula is C12H23N3O3. The summed E-state index contributed by atoms with van der Waals surface area (Å²) in [6.45, 7) is 5.40. The summed E-state index contributed by atoms with van der Waals surface area (Å²) in [5, 5.41) is 11.9.